The average molecular weight is 309 g/mol. The van der Waals surface area contributed by atoms with Gasteiger partial charge in [-0.3, -0.25) is 4.79 Å². The summed E-state index contributed by atoms with van der Waals surface area (Å²) in [5.41, 5.74) is 2.88. The van der Waals surface area contributed by atoms with E-state index in [2.05, 4.69) is 10.5 Å². The first kappa shape index (κ1) is 14.8. The SMILES string of the molecule is O=C(N/N=C/c1cc(O)c(O)c(Cl)c1)c1ccc(F)cc1. The van der Waals surface area contributed by atoms with Crippen molar-refractivity contribution in [2.24, 2.45) is 5.10 Å². The lowest BCUT2D eigenvalue weighted by atomic mass is 10.2. The van der Waals surface area contributed by atoms with Gasteiger partial charge in [0.2, 0.25) is 0 Å². The number of hydrazone groups is 1. The summed E-state index contributed by atoms with van der Waals surface area (Å²) in [6, 6.07) is 7.57. The van der Waals surface area contributed by atoms with Gasteiger partial charge in [0, 0.05) is 5.56 Å². The number of carbonyl (C=O) groups is 1. The number of halogens is 2. The van der Waals surface area contributed by atoms with Crippen LogP contribution in [0.25, 0.3) is 0 Å². The predicted molar refractivity (Wildman–Crippen MR) is 76.2 cm³/mol. The highest BCUT2D eigenvalue weighted by molar-refractivity contribution is 6.32. The molecule has 21 heavy (non-hydrogen) atoms. The zero-order chi connectivity index (χ0) is 15.4. The highest BCUT2D eigenvalue weighted by atomic mass is 35.5. The lowest BCUT2D eigenvalue weighted by Crippen LogP contribution is -2.17. The van der Waals surface area contributed by atoms with Crippen LogP contribution in [0.4, 0.5) is 4.39 Å². The number of amides is 1. The van der Waals surface area contributed by atoms with E-state index < -0.39 is 23.2 Å². The molecule has 2 rings (SSSR count). The van der Waals surface area contributed by atoms with Gasteiger partial charge in [-0.25, -0.2) is 9.82 Å². The van der Waals surface area contributed by atoms with Crippen molar-refractivity contribution in [2.75, 3.05) is 0 Å². The second-order valence-corrected chi connectivity index (χ2v) is 4.48. The molecular weight excluding hydrogens is 299 g/mol. The Kier molecular flexibility index (Phi) is 4.39. The number of rotatable bonds is 3. The zero-order valence-electron chi connectivity index (χ0n) is 10.5. The van der Waals surface area contributed by atoms with Crippen LogP contribution in [0.15, 0.2) is 41.5 Å². The molecule has 0 saturated carbocycles. The Labute approximate surface area is 124 Å². The van der Waals surface area contributed by atoms with Crippen LogP contribution in [0, 0.1) is 5.82 Å². The molecule has 0 aliphatic rings. The van der Waals surface area contributed by atoms with E-state index in [1.165, 1.54) is 30.5 Å². The first-order chi connectivity index (χ1) is 9.97. The molecule has 0 aliphatic carbocycles. The highest BCUT2D eigenvalue weighted by Gasteiger charge is 2.06. The van der Waals surface area contributed by atoms with E-state index in [1.807, 2.05) is 0 Å². The van der Waals surface area contributed by atoms with Gasteiger partial charge in [0.25, 0.3) is 5.91 Å². The van der Waals surface area contributed by atoms with Crippen LogP contribution in [-0.2, 0) is 0 Å². The monoisotopic (exact) mass is 308 g/mol. The number of nitrogens with one attached hydrogen (secondary N) is 1. The first-order valence-corrected chi connectivity index (χ1v) is 6.15. The maximum atomic E-state index is 12.7. The van der Waals surface area contributed by atoms with E-state index in [9.17, 15) is 19.4 Å². The highest BCUT2D eigenvalue weighted by Crippen LogP contribution is 2.33. The van der Waals surface area contributed by atoms with Crippen molar-refractivity contribution in [1.29, 1.82) is 0 Å². The fourth-order valence-electron chi connectivity index (χ4n) is 1.51. The van der Waals surface area contributed by atoms with Gasteiger partial charge in [0.05, 0.1) is 11.2 Å². The lowest BCUT2D eigenvalue weighted by molar-refractivity contribution is 0.0955. The molecule has 0 fully saturated rings. The van der Waals surface area contributed by atoms with Crippen molar-refractivity contribution in [1.82, 2.24) is 5.43 Å². The molecular formula is C14H10ClFN2O3. The fourth-order valence-corrected chi connectivity index (χ4v) is 1.73. The van der Waals surface area contributed by atoms with Gasteiger partial charge in [-0.2, -0.15) is 5.10 Å². The lowest BCUT2D eigenvalue weighted by Gasteiger charge is -2.02. The summed E-state index contributed by atoms with van der Waals surface area (Å²) in [5, 5.41) is 22.3. The number of hydrogen-bond acceptors (Lipinski definition) is 4. The largest absolute Gasteiger partial charge is 0.504 e. The van der Waals surface area contributed by atoms with Gasteiger partial charge >= 0.3 is 0 Å². The number of hydrogen-bond donors (Lipinski definition) is 3. The number of phenols is 2. The second-order valence-electron chi connectivity index (χ2n) is 4.08. The van der Waals surface area contributed by atoms with Crippen LogP contribution in [0.2, 0.25) is 5.02 Å². The summed E-state index contributed by atoms with van der Waals surface area (Å²) >= 11 is 5.68. The molecule has 0 saturated heterocycles. The first-order valence-electron chi connectivity index (χ1n) is 5.78. The van der Waals surface area contributed by atoms with Crippen molar-refractivity contribution < 1.29 is 19.4 Å². The van der Waals surface area contributed by atoms with Crippen molar-refractivity contribution in [3.8, 4) is 11.5 Å². The third kappa shape index (κ3) is 3.70. The molecule has 2 aromatic rings. The van der Waals surface area contributed by atoms with Crippen molar-refractivity contribution in [3.63, 3.8) is 0 Å². The normalized spacial score (nSPS) is 10.8. The summed E-state index contributed by atoms with van der Waals surface area (Å²) < 4.78 is 12.7. The fraction of sp³-hybridized carbons (Fsp3) is 0. The zero-order valence-corrected chi connectivity index (χ0v) is 11.3. The molecule has 7 heteroatoms. The molecule has 0 atom stereocenters. The van der Waals surface area contributed by atoms with E-state index in [0.717, 1.165) is 12.1 Å². The quantitative estimate of drug-likeness (QED) is 0.463. The molecule has 108 valence electrons. The molecule has 1 amide bonds. The van der Waals surface area contributed by atoms with Crippen LogP contribution >= 0.6 is 11.6 Å². The minimum atomic E-state index is -0.514. The van der Waals surface area contributed by atoms with E-state index in [0.29, 0.717) is 5.56 Å². The van der Waals surface area contributed by atoms with Crippen molar-refractivity contribution >= 4 is 23.7 Å². The van der Waals surface area contributed by atoms with Gasteiger partial charge in [-0.05, 0) is 42.0 Å². The maximum absolute atomic E-state index is 12.7. The van der Waals surface area contributed by atoms with Gasteiger partial charge < -0.3 is 10.2 Å². The molecule has 0 radical (unpaired) electrons. The third-order valence-corrected chi connectivity index (χ3v) is 2.84. The predicted octanol–water partition coefficient (Wildman–Crippen LogP) is 2.65. The summed E-state index contributed by atoms with van der Waals surface area (Å²) in [6.45, 7) is 0. The van der Waals surface area contributed by atoms with Crippen LogP contribution in [-0.4, -0.2) is 22.3 Å². The average Bonchev–Trinajstić information content (AvgIpc) is 2.45. The second kappa shape index (κ2) is 6.23. The summed E-state index contributed by atoms with van der Waals surface area (Å²) in [5.74, 6) is -1.78. The van der Waals surface area contributed by atoms with Crippen LogP contribution in [0.5, 0.6) is 11.5 Å². The standard InChI is InChI=1S/C14H10ClFN2O3/c15-11-5-8(6-12(19)13(11)20)7-17-18-14(21)9-1-3-10(16)4-2-9/h1-7,19-20H,(H,18,21)/b17-7+. The summed E-state index contributed by atoms with van der Waals surface area (Å²) in [7, 11) is 0. The smallest absolute Gasteiger partial charge is 0.271 e. The van der Waals surface area contributed by atoms with E-state index >= 15 is 0 Å². The molecule has 0 aliphatic heterocycles. The maximum Gasteiger partial charge on any atom is 0.271 e. The van der Waals surface area contributed by atoms with Gasteiger partial charge in [0.1, 0.15) is 5.82 Å². The van der Waals surface area contributed by atoms with E-state index in [-0.39, 0.29) is 10.6 Å². The molecule has 0 bridgehead atoms. The Bertz CT molecular complexity index is 679. The molecule has 0 heterocycles. The topological polar surface area (TPSA) is 81.9 Å². The van der Waals surface area contributed by atoms with Crippen LogP contribution in [0.1, 0.15) is 15.9 Å². The number of carbonyl (C=O) groups excluding carboxylic acids is 1. The number of nitrogens with zero attached hydrogens (tertiary/aromatic N) is 1. The third-order valence-electron chi connectivity index (χ3n) is 2.55. The van der Waals surface area contributed by atoms with Crippen LogP contribution in [0.3, 0.4) is 0 Å². The van der Waals surface area contributed by atoms with E-state index in [4.69, 9.17) is 11.6 Å². The molecule has 3 N–H and O–H groups in total. The Hall–Kier alpha value is -2.60. The molecule has 5 nitrogen and oxygen atoms in total. The number of phenolic OH excluding ortho intramolecular Hbond substituents is 2. The Balaban J connectivity index is 2.05. The summed E-state index contributed by atoms with van der Waals surface area (Å²) in [6.07, 6.45) is 1.24. The Morgan fingerprint density at radius 1 is 1.24 bits per heavy atom. The molecule has 0 spiro atoms. The van der Waals surface area contributed by atoms with Gasteiger partial charge in [-0.15, -0.1) is 0 Å². The number of aromatic hydroxyl groups is 2. The molecule has 2 aromatic carbocycles. The van der Waals surface area contributed by atoms with Crippen molar-refractivity contribution in [3.05, 3.63) is 58.4 Å². The van der Waals surface area contributed by atoms with Gasteiger partial charge in [0.15, 0.2) is 11.5 Å². The number of benzene rings is 2. The summed E-state index contributed by atoms with van der Waals surface area (Å²) in [4.78, 5) is 11.7. The van der Waals surface area contributed by atoms with Crippen molar-refractivity contribution in [2.45, 2.75) is 0 Å². The van der Waals surface area contributed by atoms with E-state index in [1.54, 1.807) is 0 Å². The van der Waals surface area contributed by atoms with Crippen LogP contribution < -0.4 is 5.43 Å². The Morgan fingerprint density at radius 2 is 1.90 bits per heavy atom. The minimum Gasteiger partial charge on any atom is -0.504 e. The molecule has 0 aromatic heterocycles. The minimum absolute atomic E-state index is 0.0405. The van der Waals surface area contributed by atoms with Gasteiger partial charge in [-0.1, -0.05) is 11.6 Å². The molecule has 0 unspecified atom stereocenters. The Morgan fingerprint density at radius 3 is 2.52 bits per heavy atom.